The number of aryl methyl sites for hydroxylation is 1. The lowest BCUT2D eigenvalue weighted by Gasteiger charge is -2.45. The third-order valence-electron chi connectivity index (χ3n) is 8.69. The summed E-state index contributed by atoms with van der Waals surface area (Å²) in [5.41, 5.74) is 0.429. The van der Waals surface area contributed by atoms with Crippen LogP contribution >= 0.6 is 0 Å². The molecule has 0 amide bonds. The Balaban J connectivity index is 1.42. The first-order valence-corrected chi connectivity index (χ1v) is 15.2. The van der Waals surface area contributed by atoms with Crippen LogP contribution in [0.3, 0.4) is 0 Å². The highest BCUT2D eigenvalue weighted by Gasteiger charge is 2.51. The van der Waals surface area contributed by atoms with Crippen molar-refractivity contribution in [3.63, 3.8) is 0 Å². The summed E-state index contributed by atoms with van der Waals surface area (Å²) in [5, 5.41) is 7.63. The highest BCUT2D eigenvalue weighted by molar-refractivity contribution is 7.92. The molecule has 6 rings (SSSR count). The summed E-state index contributed by atoms with van der Waals surface area (Å²) in [7, 11) is -2.17. The van der Waals surface area contributed by atoms with E-state index in [-0.39, 0.29) is 23.4 Å². The Morgan fingerprint density at radius 2 is 1.81 bits per heavy atom. The first-order valence-electron chi connectivity index (χ1n) is 13.6. The van der Waals surface area contributed by atoms with Crippen molar-refractivity contribution in [1.29, 1.82) is 0 Å². The number of aromatic nitrogens is 5. The molecule has 0 N–H and O–H groups in total. The summed E-state index contributed by atoms with van der Waals surface area (Å²) in [6, 6.07) is 7.72. The van der Waals surface area contributed by atoms with Crippen LogP contribution in [0.25, 0.3) is 11.8 Å². The molecule has 0 spiro atoms. The fourth-order valence-corrected chi connectivity index (χ4v) is 7.95. The topological polar surface area (TPSA) is 99.7 Å². The van der Waals surface area contributed by atoms with Crippen molar-refractivity contribution in [1.82, 2.24) is 24.5 Å². The van der Waals surface area contributed by atoms with Crippen LogP contribution in [0.15, 0.2) is 71.7 Å². The molecule has 2 aliphatic rings. The molecule has 0 unspecified atom stereocenters. The maximum atomic E-state index is 14.3. The van der Waals surface area contributed by atoms with E-state index in [1.807, 2.05) is 6.08 Å². The average Bonchev–Trinajstić information content (AvgIpc) is 3.61. The van der Waals surface area contributed by atoms with Crippen LogP contribution in [0, 0.1) is 17.2 Å². The van der Waals surface area contributed by atoms with E-state index < -0.39 is 49.8 Å². The number of carbonyl (C=O) groups is 1. The second kappa shape index (κ2) is 10.2. The second-order valence-electron chi connectivity index (χ2n) is 11.2. The van der Waals surface area contributed by atoms with Gasteiger partial charge in [-0.2, -0.15) is 23.4 Å². The van der Waals surface area contributed by atoms with Crippen LogP contribution in [-0.4, -0.2) is 44.0 Å². The summed E-state index contributed by atoms with van der Waals surface area (Å²) in [5.74, 6) is -1.30. The Hall–Kier alpha value is -4.13. The predicted molar refractivity (Wildman–Crippen MR) is 148 cm³/mol. The fraction of sp³-hybridized carbons (Fsp3) is 0.333. The van der Waals surface area contributed by atoms with Crippen molar-refractivity contribution in [2.24, 2.45) is 18.4 Å². The molecule has 8 nitrogen and oxygen atoms in total. The van der Waals surface area contributed by atoms with Crippen molar-refractivity contribution >= 4 is 21.7 Å². The average molecular weight is 614 g/mol. The standard InChI is InChI=1S/C30H27F4N5O3S/c1-18(43(41,42)25-16-36-38(2)17-25)19-3-4-21-11-27-20(14-37-39(27)24-8-6-23(31)7-9-24)13-29(21,12-19)28(40)26-10-5-22(15-35-26)30(32,33)34/h5-11,14-19H,3-4,12-13H2,1-2H3/t18-,19-,29+/m0/s1. The largest absolute Gasteiger partial charge is 0.417 e. The number of sulfone groups is 1. The number of hydrogen-bond acceptors (Lipinski definition) is 6. The van der Waals surface area contributed by atoms with Crippen LogP contribution in [-0.2, 0) is 29.5 Å². The molecule has 3 aromatic heterocycles. The number of rotatable bonds is 6. The van der Waals surface area contributed by atoms with Gasteiger partial charge in [-0.1, -0.05) is 5.57 Å². The number of nitrogens with zero attached hydrogens (tertiary/aromatic N) is 5. The number of hydrogen-bond donors (Lipinski definition) is 0. The Morgan fingerprint density at radius 1 is 1.07 bits per heavy atom. The number of alkyl halides is 3. The Labute approximate surface area is 245 Å². The number of benzene rings is 1. The maximum Gasteiger partial charge on any atom is 0.417 e. The fourth-order valence-electron chi connectivity index (χ4n) is 6.29. The highest BCUT2D eigenvalue weighted by atomic mass is 32.2. The van der Waals surface area contributed by atoms with Gasteiger partial charge in [0.15, 0.2) is 15.6 Å². The minimum atomic E-state index is -4.61. The number of halogens is 4. The van der Waals surface area contributed by atoms with E-state index in [9.17, 15) is 30.8 Å². The normalized spacial score (nSPS) is 21.1. The van der Waals surface area contributed by atoms with E-state index in [0.29, 0.717) is 36.0 Å². The molecule has 43 heavy (non-hydrogen) atoms. The molecule has 2 aliphatic carbocycles. The van der Waals surface area contributed by atoms with Crippen LogP contribution < -0.4 is 0 Å². The lowest BCUT2D eigenvalue weighted by atomic mass is 9.58. The summed E-state index contributed by atoms with van der Waals surface area (Å²) < 4.78 is 83.5. The molecule has 3 heterocycles. The summed E-state index contributed by atoms with van der Waals surface area (Å²) >= 11 is 0. The van der Waals surface area contributed by atoms with Crippen molar-refractivity contribution in [2.45, 2.75) is 48.9 Å². The van der Waals surface area contributed by atoms with Gasteiger partial charge in [0.2, 0.25) is 0 Å². The molecule has 0 aliphatic heterocycles. The second-order valence-corrected chi connectivity index (χ2v) is 13.5. The minimum Gasteiger partial charge on any atom is -0.291 e. The molecule has 0 saturated heterocycles. The Kier molecular flexibility index (Phi) is 6.90. The number of carbonyl (C=O) groups excluding carboxylic acids is 1. The predicted octanol–water partition coefficient (Wildman–Crippen LogP) is 5.63. The van der Waals surface area contributed by atoms with E-state index in [4.69, 9.17) is 0 Å². The molecular formula is C30H27F4N5O3S. The molecular weight excluding hydrogens is 586 g/mol. The van der Waals surface area contributed by atoms with Gasteiger partial charge in [-0.15, -0.1) is 0 Å². The Bertz CT molecular complexity index is 1840. The Morgan fingerprint density at radius 3 is 2.44 bits per heavy atom. The van der Waals surface area contributed by atoms with E-state index in [0.717, 1.165) is 17.7 Å². The molecule has 3 atom stereocenters. The number of fused-ring (bicyclic) bond motifs is 2. The first kappa shape index (κ1) is 29.0. The lowest BCUT2D eigenvalue weighted by molar-refractivity contribution is -0.137. The summed E-state index contributed by atoms with van der Waals surface area (Å²) in [4.78, 5) is 18.3. The van der Waals surface area contributed by atoms with Gasteiger partial charge in [0.05, 0.1) is 40.0 Å². The van der Waals surface area contributed by atoms with Crippen LogP contribution in [0.4, 0.5) is 17.6 Å². The number of Topliss-reactive ketones (excluding diaryl/α,β-unsaturated/α-hetero) is 1. The van der Waals surface area contributed by atoms with E-state index >= 15 is 0 Å². The van der Waals surface area contributed by atoms with Crippen LogP contribution in [0.1, 0.15) is 53.5 Å². The van der Waals surface area contributed by atoms with Gasteiger partial charge in [-0.25, -0.2) is 17.5 Å². The number of allylic oxidation sites excluding steroid dienone is 1. The minimum absolute atomic E-state index is 0.0835. The maximum absolute atomic E-state index is 14.3. The van der Waals surface area contributed by atoms with Crippen LogP contribution in [0.5, 0.6) is 0 Å². The zero-order chi connectivity index (χ0) is 30.7. The number of ketones is 1. The third-order valence-corrected chi connectivity index (χ3v) is 10.9. The van der Waals surface area contributed by atoms with Crippen molar-refractivity contribution < 1.29 is 30.8 Å². The van der Waals surface area contributed by atoms with Gasteiger partial charge in [0.1, 0.15) is 16.4 Å². The quantitative estimate of drug-likeness (QED) is 0.207. The molecule has 224 valence electrons. The zero-order valence-electron chi connectivity index (χ0n) is 23.2. The van der Waals surface area contributed by atoms with Gasteiger partial charge < -0.3 is 0 Å². The van der Waals surface area contributed by atoms with E-state index in [2.05, 4.69) is 15.2 Å². The van der Waals surface area contributed by atoms with Crippen LogP contribution in [0.2, 0.25) is 0 Å². The molecule has 13 heteroatoms. The van der Waals surface area contributed by atoms with Gasteiger partial charge >= 0.3 is 6.18 Å². The molecule has 1 saturated carbocycles. The smallest absolute Gasteiger partial charge is 0.291 e. The first-order chi connectivity index (χ1) is 20.3. The molecule has 1 aromatic carbocycles. The third kappa shape index (κ3) is 4.98. The van der Waals surface area contributed by atoms with Crippen molar-refractivity contribution in [3.05, 3.63) is 95.1 Å². The summed E-state index contributed by atoms with van der Waals surface area (Å²) in [6.07, 6.45) is 3.40. The van der Waals surface area contributed by atoms with E-state index in [1.54, 1.807) is 37.0 Å². The molecule has 1 fully saturated rings. The van der Waals surface area contributed by atoms with Crippen molar-refractivity contribution in [2.75, 3.05) is 0 Å². The SMILES string of the molecule is C[C@@H]([C@H]1CCC2=Cc3c(cnn3-c3ccc(F)cc3)C[C@]2(C(=O)c2ccc(C(F)(F)F)cn2)C1)S(=O)(=O)c1cnn(C)c1. The van der Waals surface area contributed by atoms with Gasteiger partial charge in [0, 0.05) is 19.4 Å². The molecule has 4 aromatic rings. The summed E-state index contributed by atoms with van der Waals surface area (Å²) in [6.45, 7) is 1.62. The lowest BCUT2D eigenvalue weighted by Crippen LogP contribution is -2.45. The molecule has 0 radical (unpaired) electrons. The highest BCUT2D eigenvalue weighted by Crippen LogP contribution is 2.53. The monoisotopic (exact) mass is 613 g/mol. The van der Waals surface area contributed by atoms with Crippen molar-refractivity contribution in [3.8, 4) is 5.69 Å². The van der Waals surface area contributed by atoms with Gasteiger partial charge in [0.25, 0.3) is 0 Å². The molecule has 0 bridgehead atoms. The van der Waals surface area contributed by atoms with Gasteiger partial charge in [-0.05, 0) is 86.6 Å². The van der Waals surface area contributed by atoms with E-state index in [1.165, 1.54) is 29.2 Å². The zero-order valence-corrected chi connectivity index (χ0v) is 24.0. The number of pyridine rings is 1. The van der Waals surface area contributed by atoms with Gasteiger partial charge in [-0.3, -0.25) is 14.5 Å².